The molecule has 1 aromatic heterocycles. The molecule has 1 aliphatic rings. The third-order valence-corrected chi connectivity index (χ3v) is 6.03. The van der Waals surface area contributed by atoms with Gasteiger partial charge in [0.15, 0.2) is 6.61 Å². The van der Waals surface area contributed by atoms with Crippen molar-refractivity contribution in [2.45, 2.75) is 20.4 Å². The number of benzene rings is 2. The predicted octanol–water partition coefficient (Wildman–Crippen LogP) is 5.66. The molecule has 2 aromatic carbocycles. The van der Waals surface area contributed by atoms with Crippen molar-refractivity contribution >= 4 is 46.1 Å². The Hall–Kier alpha value is -2.08. The van der Waals surface area contributed by atoms with Crippen LogP contribution in [-0.2, 0) is 11.3 Å². The summed E-state index contributed by atoms with van der Waals surface area (Å²) in [6.45, 7) is 4.45. The van der Waals surface area contributed by atoms with E-state index in [1.54, 1.807) is 28.4 Å². The van der Waals surface area contributed by atoms with Crippen LogP contribution in [0.1, 0.15) is 15.4 Å². The van der Waals surface area contributed by atoms with Gasteiger partial charge in [0.1, 0.15) is 5.75 Å². The van der Waals surface area contributed by atoms with E-state index in [0.717, 1.165) is 32.4 Å². The molecule has 0 saturated carbocycles. The fraction of sp³-hybridized carbons (Fsp3) is 0.200. The molecule has 0 N–H and O–H groups in total. The standard InChI is InChI=1S/C20H16Cl2N2O2S/c1-11-20(23-12(2)27-11)14-4-6-18-17(8-14)24(19(25)10-26-18)9-13-3-5-15(21)16(22)7-13/h3-8H,9-10H2,1-2H3. The summed E-state index contributed by atoms with van der Waals surface area (Å²) in [5, 5.41) is 1.98. The van der Waals surface area contributed by atoms with E-state index in [9.17, 15) is 4.79 Å². The summed E-state index contributed by atoms with van der Waals surface area (Å²) in [6.07, 6.45) is 0. The zero-order chi connectivity index (χ0) is 19.1. The normalized spacial score (nSPS) is 13.5. The van der Waals surface area contributed by atoms with Gasteiger partial charge in [0.2, 0.25) is 0 Å². The van der Waals surface area contributed by atoms with Crippen molar-refractivity contribution in [2.24, 2.45) is 0 Å². The van der Waals surface area contributed by atoms with E-state index in [4.69, 9.17) is 27.9 Å². The molecule has 1 aliphatic heterocycles. The fourth-order valence-corrected chi connectivity index (χ4v) is 4.30. The van der Waals surface area contributed by atoms with Gasteiger partial charge >= 0.3 is 0 Å². The summed E-state index contributed by atoms with van der Waals surface area (Å²) in [7, 11) is 0. The Labute approximate surface area is 171 Å². The van der Waals surface area contributed by atoms with Crippen molar-refractivity contribution < 1.29 is 9.53 Å². The number of nitrogens with zero attached hydrogens (tertiary/aromatic N) is 2. The number of carbonyl (C=O) groups excluding carboxylic acids is 1. The van der Waals surface area contributed by atoms with Gasteiger partial charge in [-0.1, -0.05) is 29.3 Å². The van der Waals surface area contributed by atoms with Crippen LogP contribution in [0.4, 0.5) is 5.69 Å². The van der Waals surface area contributed by atoms with E-state index < -0.39 is 0 Å². The molecule has 138 valence electrons. The third kappa shape index (κ3) is 3.55. The molecule has 2 heterocycles. The Morgan fingerprint density at radius 3 is 2.67 bits per heavy atom. The lowest BCUT2D eigenvalue weighted by Gasteiger charge is -2.30. The highest BCUT2D eigenvalue weighted by Gasteiger charge is 2.26. The van der Waals surface area contributed by atoms with Gasteiger partial charge in [-0.3, -0.25) is 4.79 Å². The summed E-state index contributed by atoms with van der Waals surface area (Å²) >= 11 is 13.8. The van der Waals surface area contributed by atoms with Crippen LogP contribution in [0.15, 0.2) is 36.4 Å². The molecular formula is C20H16Cl2N2O2S. The molecule has 0 spiro atoms. The second-order valence-electron chi connectivity index (χ2n) is 6.34. The second-order valence-corrected chi connectivity index (χ2v) is 8.56. The Morgan fingerprint density at radius 2 is 1.96 bits per heavy atom. The first-order valence-electron chi connectivity index (χ1n) is 8.38. The summed E-state index contributed by atoms with van der Waals surface area (Å²) < 4.78 is 5.62. The van der Waals surface area contributed by atoms with Crippen LogP contribution in [-0.4, -0.2) is 17.5 Å². The number of hydrogen-bond acceptors (Lipinski definition) is 4. The van der Waals surface area contributed by atoms with E-state index in [-0.39, 0.29) is 12.5 Å². The van der Waals surface area contributed by atoms with Crippen LogP contribution in [0.3, 0.4) is 0 Å². The molecule has 4 nitrogen and oxygen atoms in total. The predicted molar refractivity (Wildman–Crippen MR) is 110 cm³/mol. The maximum absolute atomic E-state index is 12.6. The van der Waals surface area contributed by atoms with Crippen LogP contribution >= 0.6 is 34.5 Å². The highest BCUT2D eigenvalue weighted by Crippen LogP contribution is 2.38. The Balaban J connectivity index is 1.74. The molecular weight excluding hydrogens is 403 g/mol. The zero-order valence-electron chi connectivity index (χ0n) is 14.8. The average molecular weight is 419 g/mol. The van der Waals surface area contributed by atoms with Crippen molar-refractivity contribution in [3.8, 4) is 17.0 Å². The first-order valence-corrected chi connectivity index (χ1v) is 9.95. The maximum Gasteiger partial charge on any atom is 0.265 e. The topological polar surface area (TPSA) is 42.4 Å². The van der Waals surface area contributed by atoms with Gasteiger partial charge in [-0.2, -0.15) is 0 Å². The molecule has 0 bridgehead atoms. The number of rotatable bonds is 3. The smallest absolute Gasteiger partial charge is 0.265 e. The zero-order valence-corrected chi connectivity index (χ0v) is 17.1. The molecule has 0 radical (unpaired) electrons. The minimum Gasteiger partial charge on any atom is -0.482 e. The number of halogens is 2. The van der Waals surface area contributed by atoms with Crippen molar-refractivity contribution in [3.05, 3.63) is 61.9 Å². The number of carbonyl (C=O) groups is 1. The Bertz CT molecular complexity index is 1050. The van der Waals surface area contributed by atoms with Crippen LogP contribution in [0, 0.1) is 13.8 Å². The van der Waals surface area contributed by atoms with Crippen molar-refractivity contribution in [2.75, 3.05) is 11.5 Å². The summed E-state index contributed by atoms with van der Waals surface area (Å²) in [5.74, 6) is 0.583. The van der Waals surface area contributed by atoms with Crippen LogP contribution in [0.5, 0.6) is 5.75 Å². The van der Waals surface area contributed by atoms with Gasteiger partial charge in [-0.15, -0.1) is 11.3 Å². The summed E-state index contributed by atoms with van der Waals surface area (Å²) in [4.78, 5) is 20.0. The van der Waals surface area contributed by atoms with Gasteiger partial charge in [-0.05, 0) is 49.7 Å². The lowest BCUT2D eigenvalue weighted by Crippen LogP contribution is -2.38. The van der Waals surface area contributed by atoms with E-state index in [2.05, 4.69) is 11.9 Å². The number of hydrogen-bond donors (Lipinski definition) is 0. The molecule has 4 rings (SSSR count). The number of amides is 1. The Morgan fingerprint density at radius 1 is 1.15 bits per heavy atom. The molecule has 0 unspecified atom stereocenters. The van der Waals surface area contributed by atoms with Crippen LogP contribution in [0.2, 0.25) is 10.0 Å². The SMILES string of the molecule is Cc1nc(-c2ccc3c(c2)N(Cc2ccc(Cl)c(Cl)c2)C(=O)CO3)c(C)s1. The number of anilines is 1. The van der Waals surface area contributed by atoms with Crippen LogP contribution in [0.25, 0.3) is 11.3 Å². The fourth-order valence-electron chi connectivity index (χ4n) is 3.14. The Kier molecular flexibility index (Phi) is 4.84. The lowest BCUT2D eigenvalue weighted by atomic mass is 10.1. The molecule has 3 aromatic rings. The first-order chi connectivity index (χ1) is 12.9. The monoisotopic (exact) mass is 418 g/mol. The minimum atomic E-state index is -0.100. The van der Waals surface area contributed by atoms with E-state index >= 15 is 0 Å². The minimum absolute atomic E-state index is 0.0164. The summed E-state index contributed by atoms with van der Waals surface area (Å²) in [6, 6.07) is 11.2. The summed E-state index contributed by atoms with van der Waals surface area (Å²) in [5.41, 5.74) is 3.54. The van der Waals surface area contributed by atoms with Crippen molar-refractivity contribution in [3.63, 3.8) is 0 Å². The highest BCUT2D eigenvalue weighted by atomic mass is 35.5. The maximum atomic E-state index is 12.6. The first kappa shape index (κ1) is 18.3. The number of aryl methyl sites for hydroxylation is 2. The highest BCUT2D eigenvalue weighted by molar-refractivity contribution is 7.11. The molecule has 0 fully saturated rings. The third-order valence-electron chi connectivity index (χ3n) is 4.40. The quantitative estimate of drug-likeness (QED) is 0.550. The second kappa shape index (κ2) is 7.15. The van der Waals surface area contributed by atoms with Gasteiger partial charge in [0, 0.05) is 10.4 Å². The molecule has 7 heteroatoms. The van der Waals surface area contributed by atoms with E-state index in [1.807, 2.05) is 31.2 Å². The van der Waals surface area contributed by atoms with E-state index in [0.29, 0.717) is 22.3 Å². The molecule has 0 aliphatic carbocycles. The molecule has 0 atom stereocenters. The average Bonchev–Trinajstić information content (AvgIpc) is 2.98. The van der Waals surface area contributed by atoms with Crippen LogP contribution < -0.4 is 9.64 Å². The number of ether oxygens (including phenoxy) is 1. The van der Waals surface area contributed by atoms with Gasteiger partial charge in [0.25, 0.3) is 5.91 Å². The van der Waals surface area contributed by atoms with Crippen molar-refractivity contribution in [1.82, 2.24) is 4.98 Å². The molecule has 27 heavy (non-hydrogen) atoms. The molecule has 0 saturated heterocycles. The van der Waals surface area contributed by atoms with Crippen molar-refractivity contribution in [1.29, 1.82) is 0 Å². The molecule has 1 amide bonds. The lowest BCUT2D eigenvalue weighted by molar-refractivity contribution is -0.121. The van der Waals surface area contributed by atoms with Gasteiger partial charge in [0.05, 0.1) is 33.0 Å². The number of thiazole rings is 1. The van der Waals surface area contributed by atoms with Gasteiger partial charge in [-0.25, -0.2) is 4.98 Å². The number of aromatic nitrogens is 1. The largest absolute Gasteiger partial charge is 0.482 e. The number of fused-ring (bicyclic) bond motifs is 1. The van der Waals surface area contributed by atoms with E-state index in [1.165, 1.54) is 0 Å². The van der Waals surface area contributed by atoms with Gasteiger partial charge < -0.3 is 9.64 Å².